The van der Waals surface area contributed by atoms with Crippen molar-refractivity contribution in [3.05, 3.63) is 0 Å². The standard InChI is InChI=1S/C6H6F5NO3S/c7-5(8,6(9,10)11)2(13)1(3(12)16)4(14)15/h1,3,16H,12H2,(H,14,15)/t1-,3?/m0/s1. The SMILES string of the molecule is NC(S)[C@@H](C(=O)O)C(=O)C(F)(F)C(F)(F)F. The molecule has 1 unspecified atom stereocenters. The molecule has 0 heterocycles. The molecule has 16 heavy (non-hydrogen) atoms. The largest absolute Gasteiger partial charge is 0.481 e. The zero-order valence-corrected chi connectivity index (χ0v) is 8.23. The first-order valence-electron chi connectivity index (χ1n) is 3.58. The molecule has 0 saturated heterocycles. The quantitative estimate of drug-likeness (QED) is 0.303. The van der Waals surface area contributed by atoms with E-state index in [2.05, 4.69) is 12.6 Å². The Morgan fingerprint density at radius 1 is 1.19 bits per heavy atom. The van der Waals surface area contributed by atoms with Crippen LogP contribution in [-0.2, 0) is 9.59 Å². The van der Waals surface area contributed by atoms with Crippen molar-refractivity contribution in [2.45, 2.75) is 17.5 Å². The zero-order valence-electron chi connectivity index (χ0n) is 7.33. The summed E-state index contributed by atoms with van der Waals surface area (Å²) in [6.07, 6.45) is -6.17. The molecular formula is C6H6F5NO3S. The molecule has 10 heteroatoms. The molecule has 0 amide bonds. The molecule has 0 aromatic carbocycles. The van der Waals surface area contributed by atoms with Crippen molar-refractivity contribution in [1.82, 2.24) is 0 Å². The summed E-state index contributed by atoms with van der Waals surface area (Å²) in [5.74, 6) is -13.5. The van der Waals surface area contributed by atoms with E-state index >= 15 is 0 Å². The molecule has 0 aromatic rings. The van der Waals surface area contributed by atoms with Gasteiger partial charge in [0, 0.05) is 0 Å². The number of Topliss-reactive ketones (excluding diaryl/α,β-unsaturated/α-hetero) is 1. The maximum Gasteiger partial charge on any atom is 0.461 e. The number of hydrogen-bond donors (Lipinski definition) is 3. The second-order valence-electron chi connectivity index (χ2n) is 2.74. The number of carbonyl (C=O) groups excluding carboxylic acids is 1. The maximum absolute atomic E-state index is 12.5. The number of rotatable bonds is 4. The van der Waals surface area contributed by atoms with E-state index < -0.39 is 35.1 Å². The van der Waals surface area contributed by atoms with Crippen LogP contribution in [0, 0.1) is 5.92 Å². The van der Waals surface area contributed by atoms with Crippen LogP contribution in [0.5, 0.6) is 0 Å². The molecule has 0 rings (SSSR count). The number of carbonyl (C=O) groups is 2. The lowest BCUT2D eigenvalue weighted by Crippen LogP contribution is -2.52. The topological polar surface area (TPSA) is 80.4 Å². The monoisotopic (exact) mass is 267 g/mol. The summed E-state index contributed by atoms with van der Waals surface area (Å²) in [5.41, 5.74) is 4.74. The lowest BCUT2D eigenvalue weighted by Gasteiger charge is -2.22. The van der Waals surface area contributed by atoms with Crippen molar-refractivity contribution in [3.8, 4) is 0 Å². The Hall–Kier alpha value is -0.900. The number of carboxylic acids is 1. The summed E-state index contributed by atoms with van der Waals surface area (Å²) in [6, 6.07) is 0. The van der Waals surface area contributed by atoms with Gasteiger partial charge in [0.25, 0.3) is 0 Å². The molecule has 4 nitrogen and oxygen atoms in total. The normalized spacial score (nSPS) is 16.7. The van der Waals surface area contributed by atoms with Crippen LogP contribution in [0.3, 0.4) is 0 Å². The minimum Gasteiger partial charge on any atom is -0.481 e. The third-order valence-corrected chi connectivity index (χ3v) is 1.85. The average Bonchev–Trinajstić information content (AvgIpc) is 1.99. The van der Waals surface area contributed by atoms with Crippen molar-refractivity contribution >= 4 is 24.4 Å². The molecular weight excluding hydrogens is 261 g/mol. The van der Waals surface area contributed by atoms with E-state index in [1.807, 2.05) is 0 Å². The summed E-state index contributed by atoms with van der Waals surface area (Å²) < 4.78 is 60.2. The van der Waals surface area contributed by atoms with Gasteiger partial charge in [-0.05, 0) is 0 Å². The molecule has 2 atom stereocenters. The van der Waals surface area contributed by atoms with Gasteiger partial charge in [0.15, 0.2) is 0 Å². The van der Waals surface area contributed by atoms with Crippen LogP contribution >= 0.6 is 12.6 Å². The Bertz CT molecular complexity index is 303. The van der Waals surface area contributed by atoms with Gasteiger partial charge in [0.05, 0.1) is 5.37 Å². The Labute approximate surface area is 91.0 Å². The third kappa shape index (κ3) is 2.82. The van der Waals surface area contributed by atoms with Gasteiger partial charge in [-0.1, -0.05) is 0 Å². The van der Waals surface area contributed by atoms with Crippen molar-refractivity contribution in [1.29, 1.82) is 0 Å². The number of halogens is 5. The van der Waals surface area contributed by atoms with E-state index in [9.17, 15) is 31.5 Å². The predicted molar refractivity (Wildman–Crippen MR) is 44.1 cm³/mol. The maximum atomic E-state index is 12.5. The van der Waals surface area contributed by atoms with Gasteiger partial charge >= 0.3 is 18.1 Å². The summed E-state index contributed by atoms with van der Waals surface area (Å²) >= 11 is 3.17. The van der Waals surface area contributed by atoms with Crippen molar-refractivity contribution in [2.24, 2.45) is 11.7 Å². The van der Waals surface area contributed by atoms with Crippen LogP contribution in [0.4, 0.5) is 22.0 Å². The highest BCUT2D eigenvalue weighted by Crippen LogP contribution is 2.38. The first-order chi connectivity index (χ1) is 6.93. The molecule has 0 radical (unpaired) electrons. The number of alkyl halides is 5. The van der Waals surface area contributed by atoms with Crippen LogP contribution in [0.15, 0.2) is 0 Å². The summed E-state index contributed by atoms with van der Waals surface area (Å²) in [7, 11) is 0. The summed E-state index contributed by atoms with van der Waals surface area (Å²) in [6.45, 7) is 0. The van der Waals surface area contributed by atoms with E-state index in [1.165, 1.54) is 0 Å². The van der Waals surface area contributed by atoms with Gasteiger partial charge in [-0.15, -0.1) is 0 Å². The summed E-state index contributed by atoms with van der Waals surface area (Å²) in [5, 5.41) is 6.33. The molecule has 0 aliphatic carbocycles. The zero-order chi connectivity index (χ0) is 13.3. The molecule has 0 spiro atoms. The Morgan fingerprint density at radius 3 is 1.75 bits per heavy atom. The predicted octanol–water partition coefficient (Wildman–Crippen LogP) is 0.668. The van der Waals surface area contributed by atoms with E-state index in [1.54, 1.807) is 0 Å². The highest BCUT2D eigenvalue weighted by Gasteiger charge is 2.65. The van der Waals surface area contributed by atoms with Crippen LogP contribution in [-0.4, -0.2) is 34.3 Å². The molecule has 3 N–H and O–H groups in total. The third-order valence-electron chi connectivity index (χ3n) is 1.56. The highest BCUT2D eigenvalue weighted by molar-refractivity contribution is 7.81. The molecule has 0 bridgehead atoms. The second kappa shape index (κ2) is 4.53. The van der Waals surface area contributed by atoms with E-state index in [4.69, 9.17) is 10.8 Å². The second-order valence-corrected chi connectivity index (χ2v) is 3.34. The molecule has 94 valence electrons. The number of carboxylic acid groups (broad SMARTS) is 1. The van der Waals surface area contributed by atoms with Gasteiger partial charge in [-0.3, -0.25) is 9.59 Å². The Balaban J connectivity index is 5.25. The van der Waals surface area contributed by atoms with Crippen LogP contribution in [0.25, 0.3) is 0 Å². The lowest BCUT2D eigenvalue weighted by molar-refractivity contribution is -0.270. The average molecular weight is 267 g/mol. The van der Waals surface area contributed by atoms with Gasteiger partial charge in [-0.25, -0.2) is 0 Å². The van der Waals surface area contributed by atoms with Gasteiger partial charge < -0.3 is 10.8 Å². The minimum absolute atomic E-state index is 1.96. The van der Waals surface area contributed by atoms with E-state index in [0.29, 0.717) is 0 Å². The van der Waals surface area contributed by atoms with E-state index in [-0.39, 0.29) is 0 Å². The van der Waals surface area contributed by atoms with E-state index in [0.717, 1.165) is 0 Å². The van der Waals surface area contributed by atoms with Crippen molar-refractivity contribution in [3.63, 3.8) is 0 Å². The fraction of sp³-hybridized carbons (Fsp3) is 0.667. The summed E-state index contributed by atoms with van der Waals surface area (Å²) in [4.78, 5) is 21.0. The highest BCUT2D eigenvalue weighted by atomic mass is 32.1. The fourth-order valence-electron chi connectivity index (χ4n) is 0.748. The number of nitrogens with two attached hydrogens (primary N) is 1. The molecule has 0 saturated carbocycles. The van der Waals surface area contributed by atoms with Crippen molar-refractivity contribution in [2.75, 3.05) is 0 Å². The van der Waals surface area contributed by atoms with Crippen LogP contribution in [0.2, 0.25) is 0 Å². The van der Waals surface area contributed by atoms with Gasteiger partial charge in [0.1, 0.15) is 5.92 Å². The smallest absolute Gasteiger partial charge is 0.461 e. The van der Waals surface area contributed by atoms with Crippen molar-refractivity contribution < 1.29 is 36.6 Å². The first-order valence-corrected chi connectivity index (χ1v) is 4.10. The molecule has 0 aliphatic rings. The number of ketones is 1. The fourth-order valence-corrected chi connectivity index (χ4v) is 1.01. The minimum atomic E-state index is -6.17. The number of thiol groups is 1. The number of aliphatic carboxylic acids is 1. The molecule has 0 aromatic heterocycles. The Morgan fingerprint density at radius 2 is 1.56 bits per heavy atom. The lowest BCUT2D eigenvalue weighted by atomic mass is 9.98. The first kappa shape index (κ1) is 15.1. The van der Waals surface area contributed by atoms with Gasteiger partial charge in [-0.2, -0.15) is 34.6 Å². The Kier molecular flexibility index (Phi) is 4.28. The molecule has 0 fully saturated rings. The van der Waals surface area contributed by atoms with Crippen LogP contribution < -0.4 is 5.73 Å². The van der Waals surface area contributed by atoms with Gasteiger partial charge in [0.2, 0.25) is 5.78 Å². The molecule has 0 aliphatic heterocycles. The number of hydrogen-bond acceptors (Lipinski definition) is 4. The van der Waals surface area contributed by atoms with Crippen LogP contribution in [0.1, 0.15) is 0 Å².